The van der Waals surface area contributed by atoms with E-state index >= 15 is 0 Å². The molecule has 1 atom stereocenters. The van der Waals surface area contributed by atoms with Crippen molar-refractivity contribution in [3.8, 4) is 0 Å². The van der Waals surface area contributed by atoms with Gasteiger partial charge in [-0.3, -0.25) is 0 Å². The fourth-order valence-corrected chi connectivity index (χ4v) is 2.19. The van der Waals surface area contributed by atoms with Crippen LogP contribution >= 0.6 is 11.3 Å². The summed E-state index contributed by atoms with van der Waals surface area (Å²) in [5, 5.41) is 9.28. The van der Waals surface area contributed by atoms with Crippen LogP contribution in [0.2, 0.25) is 0 Å². The van der Waals surface area contributed by atoms with Gasteiger partial charge >= 0.3 is 0 Å². The van der Waals surface area contributed by atoms with Crippen molar-refractivity contribution >= 4 is 16.5 Å². The van der Waals surface area contributed by atoms with Gasteiger partial charge in [0.2, 0.25) is 5.13 Å². The number of ether oxygens (including phenoxy) is 1. The van der Waals surface area contributed by atoms with E-state index in [9.17, 15) is 0 Å². The molecule has 4 nitrogen and oxygen atoms in total. The van der Waals surface area contributed by atoms with Crippen LogP contribution in [0.15, 0.2) is 0 Å². The predicted octanol–water partition coefficient (Wildman–Crippen LogP) is 1.23. The molecule has 2 heterocycles. The van der Waals surface area contributed by atoms with Crippen molar-refractivity contribution in [2.45, 2.75) is 31.8 Å². The van der Waals surface area contributed by atoms with Gasteiger partial charge in [-0.2, -0.15) is 0 Å². The van der Waals surface area contributed by atoms with Gasteiger partial charge in [0.05, 0.1) is 6.10 Å². The Morgan fingerprint density at radius 2 is 2.38 bits per heavy atom. The topological polar surface area (TPSA) is 61.0 Å². The van der Waals surface area contributed by atoms with E-state index in [0.29, 0.717) is 11.2 Å². The Morgan fingerprint density at radius 3 is 3.00 bits per heavy atom. The summed E-state index contributed by atoms with van der Waals surface area (Å²) in [6.45, 7) is 0.888. The van der Waals surface area contributed by atoms with E-state index in [2.05, 4.69) is 10.2 Å². The lowest BCUT2D eigenvalue weighted by atomic mass is 10.1. The van der Waals surface area contributed by atoms with Gasteiger partial charge in [-0.05, 0) is 19.3 Å². The maximum Gasteiger partial charge on any atom is 0.203 e. The molecule has 1 fully saturated rings. The Balaban J connectivity index is 1.89. The van der Waals surface area contributed by atoms with Crippen molar-refractivity contribution in [2.24, 2.45) is 0 Å². The third-order valence-electron chi connectivity index (χ3n) is 2.16. The fraction of sp³-hybridized carbons (Fsp3) is 0.750. The van der Waals surface area contributed by atoms with Crippen molar-refractivity contribution in [2.75, 3.05) is 12.3 Å². The molecule has 0 spiro atoms. The molecule has 5 heteroatoms. The first kappa shape index (κ1) is 8.90. The van der Waals surface area contributed by atoms with E-state index in [0.717, 1.165) is 24.5 Å². The van der Waals surface area contributed by atoms with Crippen LogP contribution in [0.3, 0.4) is 0 Å². The highest BCUT2D eigenvalue weighted by Crippen LogP contribution is 2.19. The van der Waals surface area contributed by atoms with E-state index in [1.165, 1.54) is 24.2 Å². The largest absolute Gasteiger partial charge is 0.378 e. The quantitative estimate of drug-likeness (QED) is 0.778. The van der Waals surface area contributed by atoms with Gasteiger partial charge in [-0.25, -0.2) is 0 Å². The van der Waals surface area contributed by atoms with Crippen molar-refractivity contribution in [3.63, 3.8) is 0 Å². The smallest absolute Gasteiger partial charge is 0.203 e. The molecule has 1 aromatic rings. The molecule has 1 unspecified atom stereocenters. The monoisotopic (exact) mass is 199 g/mol. The second kappa shape index (κ2) is 4.02. The minimum Gasteiger partial charge on any atom is -0.378 e. The third kappa shape index (κ3) is 2.38. The molecular formula is C8H13N3OS. The van der Waals surface area contributed by atoms with Crippen LogP contribution in [0, 0.1) is 0 Å². The van der Waals surface area contributed by atoms with Crippen molar-refractivity contribution in [1.82, 2.24) is 10.2 Å². The number of hydrogen-bond acceptors (Lipinski definition) is 5. The molecule has 0 saturated carbocycles. The Kier molecular flexibility index (Phi) is 2.75. The number of hydrogen-bond donors (Lipinski definition) is 1. The molecule has 1 saturated heterocycles. The van der Waals surface area contributed by atoms with Crippen LogP contribution in [0.25, 0.3) is 0 Å². The third-order valence-corrected chi connectivity index (χ3v) is 2.93. The molecule has 1 aliphatic heterocycles. The number of anilines is 1. The van der Waals surface area contributed by atoms with Gasteiger partial charge in [0, 0.05) is 13.0 Å². The molecule has 1 aromatic heterocycles. The Labute approximate surface area is 81.1 Å². The first-order valence-corrected chi connectivity index (χ1v) is 5.36. The summed E-state index contributed by atoms with van der Waals surface area (Å²) in [5.41, 5.74) is 5.49. The highest BCUT2D eigenvalue weighted by Gasteiger charge is 2.16. The Hall–Kier alpha value is -0.680. The van der Waals surface area contributed by atoms with E-state index in [-0.39, 0.29) is 0 Å². The average Bonchev–Trinajstić information content (AvgIpc) is 2.53. The first-order valence-electron chi connectivity index (χ1n) is 4.54. The fourth-order valence-electron chi connectivity index (χ4n) is 1.51. The van der Waals surface area contributed by atoms with Crippen LogP contribution in [0.4, 0.5) is 5.13 Å². The Morgan fingerprint density at radius 1 is 1.46 bits per heavy atom. The highest BCUT2D eigenvalue weighted by atomic mass is 32.1. The molecule has 72 valence electrons. The lowest BCUT2D eigenvalue weighted by Gasteiger charge is -2.21. The molecule has 0 amide bonds. The maximum atomic E-state index is 5.59. The molecule has 2 rings (SSSR count). The molecule has 13 heavy (non-hydrogen) atoms. The number of nitrogens with zero attached hydrogens (tertiary/aromatic N) is 2. The van der Waals surface area contributed by atoms with Crippen molar-refractivity contribution < 1.29 is 4.74 Å². The van der Waals surface area contributed by atoms with E-state index in [1.807, 2.05) is 0 Å². The summed E-state index contributed by atoms with van der Waals surface area (Å²) in [6.07, 6.45) is 4.79. The van der Waals surface area contributed by atoms with Gasteiger partial charge in [-0.1, -0.05) is 11.3 Å². The standard InChI is InChI=1S/C8H13N3OS/c9-8-11-10-7(13-8)5-6-3-1-2-4-12-6/h6H,1-5H2,(H2,9,11). The van der Waals surface area contributed by atoms with Crippen molar-refractivity contribution in [1.29, 1.82) is 0 Å². The average molecular weight is 199 g/mol. The maximum absolute atomic E-state index is 5.59. The zero-order valence-corrected chi connectivity index (χ0v) is 8.22. The van der Waals surface area contributed by atoms with Crippen LogP contribution in [0.1, 0.15) is 24.3 Å². The molecule has 2 N–H and O–H groups in total. The van der Waals surface area contributed by atoms with Crippen LogP contribution in [-0.4, -0.2) is 22.9 Å². The SMILES string of the molecule is Nc1nnc(CC2CCCCO2)s1. The second-order valence-corrected chi connectivity index (χ2v) is 4.32. The summed E-state index contributed by atoms with van der Waals surface area (Å²) in [5.74, 6) is 0. The van der Waals surface area contributed by atoms with E-state index < -0.39 is 0 Å². The lowest BCUT2D eigenvalue weighted by Crippen LogP contribution is -2.21. The van der Waals surface area contributed by atoms with Crippen molar-refractivity contribution in [3.05, 3.63) is 5.01 Å². The molecule has 0 aliphatic carbocycles. The van der Waals surface area contributed by atoms with Gasteiger partial charge in [0.15, 0.2) is 0 Å². The van der Waals surface area contributed by atoms with Crippen LogP contribution in [-0.2, 0) is 11.2 Å². The van der Waals surface area contributed by atoms with E-state index in [1.54, 1.807) is 0 Å². The number of nitrogens with two attached hydrogens (primary N) is 1. The van der Waals surface area contributed by atoms with Gasteiger partial charge in [0.1, 0.15) is 5.01 Å². The van der Waals surface area contributed by atoms with Gasteiger partial charge in [-0.15, -0.1) is 10.2 Å². The molecule has 0 aromatic carbocycles. The number of aromatic nitrogens is 2. The zero-order valence-electron chi connectivity index (χ0n) is 7.40. The molecule has 1 aliphatic rings. The summed E-state index contributed by atoms with van der Waals surface area (Å²) in [4.78, 5) is 0. The Bertz CT molecular complexity index is 270. The minimum atomic E-state index is 0.334. The summed E-state index contributed by atoms with van der Waals surface area (Å²) in [6, 6.07) is 0. The molecular weight excluding hydrogens is 186 g/mol. The summed E-state index contributed by atoms with van der Waals surface area (Å²) >= 11 is 1.46. The lowest BCUT2D eigenvalue weighted by molar-refractivity contribution is 0.0167. The van der Waals surface area contributed by atoms with Crippen LogP contribution < -0.4 is 5.73 Å². The molecule has 0 bridgehead atoms. The highest BCUT2D eigenvalue weighted by molar-refractivity contribution is 7.15. The first-order chi connectivity index (χ1) is 6.34. The van der Waals surface area contributed by atoms with E-state index in [4.69, 9.17) is 10.5 Å². The number of nitrogen functional groups attached to an aromatic ring is 1. The van der Waals surface area contributed by atoms with Gasteiger partial charge < -0.3 is 10.5 Å². The van der Waals surface area contributed by atoms with Crippen LogP contribution in [0.5, 0.6) is 0 Å². The number of rotatable bonds is 2. The summed E-state index contributed by atoms with van der Waals surface area (Å²) in [7, 11) is 0. The second-order valence-electron chi connectivity index (χ2n) is 3.23. The minimum absolute atomic E-state index is 0.334. The summed E-state index contributed by atoms with van der Waals surface area (Å²) < 4.78 is 5.59. The zero-order chi connectivity index (χ0) is 9.10. The van der Waals surface area contributed by atoms with Gasteiger partial charge in [0.25, 0.3) is 0 Å². The molecule has 0 radical (unpaired) electrons. The normalized spacial score (nSPS) is 23.2. The predicted molar refractivity (Wildman–Crippen MR) is 51.6 cm³/mol.